The number of halogens is 2. The molecule has 32 heavy (non-hydrogen) atoms. The molecule has 0 saturated heterocycles. The van der Waals surface area contributed by atoms with E-state index in [2.05, 4.69) is 16.4 Å². The molecule has 0 bridgehead atoms. The molecule has 6 nitrogen and oxygen atoms in total. The number of nitro benzene ring substituents is 1. The van der Waals surface area contributed by atoms with Gasteiger partial charge in [-0.15, -0.1) is 11.8 Å². The highest BCUT2D eigenvalue weighted by Gasteiger charge is 2.17. The van der Waals surface area contributed by atoms with Gasteiger partial charge >= 0.3 is 0 Å². The molecule has 0 spiro atoms. The molecule has 0 aliphatic rings. The molecule has 9 heteroatoms. The molecular weight excluding hydrogens is 469 g/mol. The molecule has 3 aromatic carbocycles. The van der Waals surface area contributed by atoms with E-state index < -0.39 is 10.8 Å². The largest absolute Gasteiger partial charge is 0.354 e. The van der Waals surface area contributed by atoms with E-state index in [1.807, 2.05) is 42.5 Å². The smallest absolute Gasteiger partial charge is 0.270 e. The van der Waals surface area contributed by atoms with Crippen molar-refractivity contribution in [1.82, 2.24) is 10.3 Å². The number of nitrogens with one attached hydrogen (secondary N) is 2. The fourth-order valence-electron chi connectivity index (χ4n) is 3.30. The summed E-state index contributed by atoms with van der Waals surface area (Å²) in [5.74, 6) is 0.150. The lowest BCUT2D eigenvalue weighted by Crippen LogP contribution is -2.26. The number of nitrogens with zero attached hydrogens (tertiary/aromatic N) is 1. The Hall–Kier alpha value is -3.00. The third-order valence-electron chi connectivity index (χ3n) is 4.83. The summed E-state index contributed by atoms with van der Waals surface area (Å²) in [6.45, 7) is 0.363. The first-order valence-electron chi connectivity index (χ1n) is 9.65. The number of aromatic amines is 1. The van der Waals surface area contributed by atoms with Gasteiger partial charge in [-0.3, -0.25) is 14.9 Å². The van der Waals surface area contributed by atoms with Gasteiger partial charge in [0, 0.05) is 45.3 Å². The van der Waals surface area contributed by atoms with Crippen molar-refractivity contribution < 1.29 is 9.72 Å². The number of non-ortho nitro benzene ring substituents is 1. The summed E-state index contributed by atoms with van der Waals surface area (Å²) < 4.78 is 0. The van der Waals surface area contributed by atoms with E-state index in [1.54, 1.807) is 11.8 Å². The second-order valence-corrected chi connectivity index (χ2v) is 8.86. The van der Waals surface area contributed by atoms with Crippen molar-refractivity contribution in [2.75, 3.05) is 12.3 Å². The Labute approximate surface area is 198 Å². The first kappa shape index (κ1) is 22.2. The number of para-hydroxylation sites is 1. The highest BCUT2D eigenvalue weighted by Crippen LogP contribution is 2.37. The van der Waals surface area contributed by atoms with Crippen molar-refractivity contribution in [3.8, 4) is 11.3 Å². The topological polar surface area (TPSA) is 88.0 Å². The molecule has 0 saturated carbocycles. The number of H-pyrrole nitrogens is 1. The fourth-order valence-corrected chi connectivity index (χ4v) is 4.68. The van der Waals surface area contributed by atoms with Gasteiger partial charge in [-0.1, -0.05) is 53.5 Å². The number of benzene rings is 3. The maximum Gasteiger partial charge on any atom is 0.270 e. The van der Waals surface area contributed by atoms with Crippen LogP contribution in [0.5, 0.6) is 0 Å². The molecule has 1 heterocycles. The van der Waals surface area contributed by atoms with Gasteiger partial charge in [0.15, 0.2) is 0 Å². The number of thioether (sulfide) groups is 1. The molecule has 0 atom stereocenters. The number of amides is 1. The average Bonchev–Trinajstić information content (AvgIpc) is 3.15. The summed E-state index contributed by atoms with van der Waals surface area (Å²) in [4.78, 5) is 27.4. The highest BCUT2D eigenvalue weighted by atomic mass is 35.5. The number of hydrogen-bond acceptors (Lipinski definition) is 4. The predicted molar refractivity (Wildman–Crippen MR) is 130 cm³/mol. The summed E-state index contributed by atoms with van der Waals surface area (Å²) in [6, 6.07) is 19.5. The number of nitro groups is 1. The van der Waals surface area contributed by atoms with Crippen LogP contribution in [-0.2, 0) is 0 Å². The number of aromatic nitrogens is 1. The van der Waals surface area contributed by atoms with E-state index in [9.17, 15) is 14.9 Å². The highest BCUT2D eigenvalue weighted by molar-refractivity contribution is 7.99. The molecule has 0 aliphatic heterocycles. The van der Waals surface area contributed by atoms with Gasteiger partial charge in [-0.25, -0.2) is 0 Å². The van der Waals surface area contributed by atoms with Crippen LogP contribution in [0.25, 0.3) is 22.2 Å². The van der Waals surface area contributed by atoms with Gasteiger partial charge in [0.1, 0.15) is 0 Å². The summed E-state index contributed by atoms with van der Waals surface area (Å²) in [6.07, 6.45) is 0. The summed E-state index contributed by atoms with van der Waals surface area (Å²) in [7, 11) is 0. The zero-order valence-electron chi connectivity index (χ0n) is 16.6. The van der Waals surface area contributed by atoms with E-state index in [1.165, 1.54) is 18.2 Å². The van der Waals surface area contributed by atoms with Crippen LogP contribution in [0.2, 0.25) is 10.0 Å². The molecule has 1 aromatic heterocycles. The minimum Gasteiger partial charge on any atom is -0.354 e. The van der Waals surface area contributed by atoms with Gasteiger partial charge in [0.05, 0.1) is 21.2 Å². The molecule has 0 radical (unpaired) electrons. The number of carbonyl (C=O) groups is 1. The SMILES string of the molecule is O=C(NCCSc1c(-c2ccc(Cl)cc2)[nH]c2ccccc12)c1cc([N+](=O)[O-])ccc1Cl. The lowest BCUT2D eigenvalue weighted by Gasteiger charge is -2.08. The number of hydrogen-bond donors (Lipinski definition) is 2. The summed E-state index contributed by atoms with van der Waals surface area (Å²) in [5.41, 5.74) is 2.92. The lowest BCUT2D eigenvalue weighted by atomic mass is 10.1. The molecule has 4 aromatic rings. The van der Waals surface area contributed by atoms with Crippen molar-refractivity contribution >= 4 is 57.5 Å². The van der Waals surface area contributed by atoms with Gasteiger partial charge in [0.25, 0.3) is 11.6 Å². The van der Waals surface area contributed by atoms with E-state index in [0.717, 1.165) is 27.1 Å². The normalized spacial score (nSPS) is 10.9. The Morgan fingerprint density at radius 1 is 1.06 bits per heavy atom. The fraction of sp³-hybridized carbons (Fsp3) is 0.0870. The molecule has 0 aliphatic carbocycles. The van der Waals surface area contributed by atoms with E-state index in [0.29, 0.717) is 17.3 Å². The van der Waals surface area contributed by atoms with Crippen LogP contribution in [0.3, 0.4) is 0 Å². The minimum absolute atomic E-state index is 0.0832. The Morgan fingerprint density at radius 3 is 2.56 bits per heavy atom. The molecule has 2 N–H and O–H groups in total. The predicted octanol–water partition coefficient (Wildman–Crippen LogP) is 6.57. The van der Waals surface area contributed by atoms with Crippen molar-refractivity contribution in [1.29, 1.82) is 0 Å². The Morgan fingerprint density at radius 2 is 1.81 bits per heavy atom. The van der Waals surface area contributed by atoms with Crippen LogP contribution in [0, 0.1) is 10.1 Å². The standard InChI is InChI=1S/C23H17Cl2N3O3S/c24-15-7-5-14(6-8-15)21-22(17-3-1-2-4-20(17)27-21)32-12-11-26-23(29)18-13-16(28(30)31)9-10-19(18)25/h1-10,13,27H,11-12H2,(H,26,29). The van der Waals surface area contributed by atoms with Crippen LogP contribution < -0.4 is 5.32 Å². The maximum absolute atomic E-state index is 12.5. The lowest BCUT2D eigenvalue weighted by molar-refractivity contribution is -0.384. The molecular formula is C23H17Cl2N3O3S. The monoisotopic (exact) mass is 485 g/mol. The van der Waals surface area contributed by atoms with Crippen LogP contribution in [0.1, 0.15) is 10.4 Å². The maximum atomic E-state index is 12.5. The Balaban J connectivity index is 1.49. The zero-order valence-corrected chi connectivity index (χ0v) is 18.9. The molecule has 0 fully saturated rings. The molecule has 0 unspecified atom stereocenters. The van der Waals surface area contributed by atoms with E-state index >= 15 is 0 Å². The van der Waals surface area contributed by atoms with Crippen molar-refractivity contribution in [2.45, 2.75) is 4.90 Å². The van der Waals surface area contributed by atoms with Crippen molar-refractivity contribution in [2.24, 2.45) is 0 Å². The van der Waals surface area contributed by atoms with E-state index in [-0.39, 0.29) is 16.3 Å². The van der Waals surface area contributed by atoms with Crippen LogP contribution in [0.15, 0.2) is 71.6 Å². The van der Waals surface area contributed by atoms with Crippen LogP contribution in [-0.4, -0.2) is 28.1 Å². The molecule has 162 valence electrons. The van der Waals surface area contributed by atoms with E-state index in [4.69, 9.17) is 23.2 Å². The first-order chi connectivity index (χ1) is 15.4. The van der Waals surface area contributed by atoms with Gasteiger partial charge < -0.3 is 10.3 Å². The summed E-state index contributed by atoms with van der Waals surface area (Å²) >= 11 is 13.7. The minimum atomic E-state index is -0.557. The molecule has 1 amide bonds. The van der Waals surface area contributed by atoms with Crippen molar-refractivity contribution in [3.63, 3.8) is 0 Å². The number of fused-ring (bicyclic) bond motifs is 1. The van der Waals surface area contributed by atoms with Gasteiger partial charge in [-0.05, 0) is 29.8 Å². The summed E-state index contributed by atoms with van der Waals surface area (Å²) in [5, 5.41) is 15.7. The Kier molecular flexibility index (Phi) is 6.69. The van der Waals surface area contributed by atoms with Crippen LogP contribution >= 0.6 is 35.0 Å². The Bertz CT molecular complexity index is 1310. The second-order valence-electron chi connectivity index (χ2n) is 6.91. The second kappa shape index (κ2) is 9.65. The third kappa shape index (κ3) is 4.75. The zero-order chi connectivity index (χ0) is 22.7. The molecule has 4 rings (SSSR count). The van der Waals surface area contributed by atoms with Crippen molar-refractivity contribution in [3.05, 3.63) is 92.5 Å². The number of rotatable bonds is 7. The van der Waals surface area contributed by atoms with Crippen LogP contribution in [0.4, 0.5) is 5.69 Å². The van der Waals surface area contributed by atoms with Gasteiger partial charge in [-0.2, -0.15) is 0 Å². The first-order valence-corrected chi connectivity index (χ1v) is 11.4. The average molecular weight is 486 g/mol. The quantitative estimate of drug-likeness (QED) is 0.134. The van der Waals surface area contributed by atoms with Gasteiger partial charge in [0.2, 0.25) is 0 Å². The third-order valence-corrected chi connectivity index (χ3v) is 6.53. The number of carbonyl (C=O) groups excluding carboxylic acids is 1.